The molecule has 6 heteroatoms. The highest BCUT2D eigenvalue weighted by Crippen LogP contribution is 2.37. The fourth-order valence-corrected chi connectivity index (χ4v) is 2.82. The van der Waals surface area contributed by atoms with Gasteiger partial charge in [-0.1, -0.05) is 6.07 Å². The smallest absolute Gasteiger partial charge is 0.236 e. The van der Waals surface area contributed by atoms with Gasteiger partial charge in [0, 0.05) is 16.2 Å². The zero-order valence-electron chi connectivity index (χ0n) is 10.2. The summed E-state index contributed by atoms with van der Waals surface area (Å²) in [5.41, 5.74) is 2.23. The van der Waals surface area contributed by atoms with Crippen molar-refractivity contribution in [3.05, 3.63) is 22.8 Å². The first-order valence-corrected chi connectivity index (χ1v) is 7.41. The third kappa shape index (κ3) is 3.26. The number of benzene rings is 1. The average Bonchev–Trinajstić information content (AvgIpc) is 2.19. The first kappa shape index (κ1) is 14.1. The van der Waals surface area contributed by atoms with Crippen molar-refractivity contribution in [3.8, 4) is 11.5 Å². The van der Waals surface area contributed by atoms with Crippen molar-refractivity contribution in [3.63, 3.8) is 0 Å². The van der Waals surface area contributed by atoms with Crippen LogP contribution < -0.4 is 9.47 Å². The van der Waals surface area contributed by atoms with Gasteiger partial charge >= 0.3 is 0 Å². The molecule has 0 aliphatic rings. The quantitative estimate of drug-likeness (QED) is 0.794. The molecule has 0 bridgehead atoms. The predicted molar refractivity (Wildman–Crippen MR) is 67.5 cm³/mol. The van der Waals surface area contributed by atoms with Crippen LogP contribution in [0.25, 0.3) is 0 Å². The molecular formula is C11H15ClO4S. The summed E-state index contributed by atoms with van der Waals surface area (Å²) in [6, 6.07) is 1.85. The number of hydrogen-bond donors (Lipinski definition) is 0. The van der Waals surface area contributed by atoms with Crippen LogP contribution in [0.2, 0.25) is 0 Å². The maximum Gasteiger partial charge on any atom is 0.236 e. The van der Waals surface area contributed by atoms with Crippen LogP contribution in [0.3, 0.4) is 0 Å². The van der Waals surface area contributed by atoms with Gasteiger partial charge < -0.3 is 9.47 Å². The lowest BCUT2D eigenvalue weighted by Crippen LogP contribution is -2.04. The van der Waals surface area contributed by atoms with Gasteiger partial charge in [-0.05, 0) is 25.0 Å². The molecule has 0 aromatic heterocycles. The second kappa shape index (κ2) is 5.14. The summed E-state index contributed by atoms with van der Waals surface area (Å²) in [6.45, 7) is 3.68. The Morgan fingerprint density at radius 1 is 1.12 bits per heavy atom. The summed E-state index contributed by atoms with van der Waals surface area (Å²) in [4.78, 5) is 0. The van der Waals surface area contributed by atoms with Gasteiger partial charge in [-0.15, -0.1) is 0 Å². The van der Waals surface area contributed by atoms with Crippen molar-refractivity contribution in [2.24, 2.45) is 0 Å². The molecular weight excluding hydrogens is 264 g/mol. The van der Waals surface area contributed by atoms with E-state index in [0.29, 0.717) is 17.1 Å². The second-order valence-electron chi connectivity index (χ2n) is 3.74. The number of rotatable bonds is 4. The standard InChI is InChI=1S/C11H15ClO4S/c1-7-5-8(2)10(15-3)11(16-4)9(7)6-17(12,13)14/h5H,6H2,1-4H3. The molecule has 4 nitrogen and oxygen atoms in total. The van der Waals surface area contributed by atoms with Gasteiger partial charge in [0.1, 0.15) is 0 Å². The van der Waals surface area contributed by atoms with E-state index in [9.17, 15) is 8.42 Å². The molecule has 0 spiro atoms. The van der Waals surface area contributed by atoms with Crippen LogP contribution in [0, 0.1) is 13.8 Å². The molecule has 0 radical (unpaired) electrons. The molecule has 0 aliphatic carbocycles. The molecule has 0 saturated heterocycles. The Labute approximate surface area is 106 Å². The number of halogens is 1. The highest BCUT2D eigenvalue weighted by Gasteiger charge is 2.20. The summed E-state index contributed by atoms with van der Waals surface area (Å²) in [5, 5.41) is 0. The van der Waals surface area contributed by atoms with E-state index in [2.05, 4.69) is 0 Å². The summed E-state index contributed by atoms with van der Waals surface area (Å²) in [6.07, 6.45) is 0. The normalized spacial score (nSPS) is 11.4. The lowest BCUT2D eigenvalue weighted by molar-refractivity contribution is 0.350. The van der Waals surface area contributed by atoms with Gasteiger partial charge in [-0.2, -0.15) is 0 Å². The Kier molecular flexibility index (Phi) is 4.27. The Bertz CT molecular complexity index is 523. The van der Waals surface area contributed by atoms with Crippen molar-refractivity contribution in [2.75, 3.05) is 14.2 Å². The van der Waals surface area contributed by atoms with Gasteiger partial charge in [0.15, 0.2) is 11.5 Å². The topological polar surface area (TPSA) is 52.6 Å². The van der Waals surface area contributed by atoms with Crippen molar-refractivity contribution in [2.45, 2.75) is 19.6 Å². The van der Waals surface area contributed by atoms with Crippen molar-refractivity contribution in [1.82, 2.24) is 0 Å². The summed E-state index contributed by atoms with van der Waals surface area (Å²) in [7, 11) is 4.63. The molecule has 0 unspecified atom stereocenters. The minimum absolute atomic E-state index is 0.278. The number of methoxy groups -OCH3 is 2. The van der Waals surface area contributed by atoms with E-state index < -0.39 is 9.05 Å². The van der Waals surface area contributed by atoms with E-state index in [4.69, 9.17) is 20.2 Å². The van der Waals surface area contributed by atoms with Crippen LogP contribution in [0.4, 0.5) is 0 Å². The molecule has 0 aliphatic heterocycles. The van der Waals surface area contributed by atoms with Gasteiger partial charge in [0.05, 0.1) is 20.0 Å². The highest BCUT2D eigenvalue weighted by atomic mass is 35.7. The predicted octanol–water partition coefficient (Wildman–Crippen LogP) is 2.39. The molecule has 96 valence electrons. The van der Waals surface area contributed by atoms with Crippen LogP contribution in [0.5, 0.6) is 11.5 Å². The van der Waals surface area contributed by atoms with Crippen LogP contribution in [-0.4, -0.2) is 22.6 Å². The molecule has 0 fully saturated rings. The molecule has 0 N–H and O–H groups in total. The lowest BCUT2D eigenvalue weighted by Gasteiger charge is -2.16. The van der Waals surface area contributed by atoms with Crippen molar-refractivity contribution >= 4 is 19.7 Å². The Morgan fingerprint density at radius 2 is 1.65 bits per heavy atom. The second-order valence-corrected chi connectivity index (χ2v) is 6.52. The third-order valence-corrected chi connectivity index (χ3v) is 3.43. The molecule has 1 aromatic carbocycles. The van der Waals surface area contributed by atoms with Crippen LogP contribution in [0.1, 0.15) is 16.7 Å². The van der Waals surface area contributed by atoms with E-state index in [1.54, 1.807) is 0 Å². The van der Waals surface area contributed by atoms with Crippen LogP contribution in [-0.2, 0) is 14.8 Å². The Balaban J connectivity index is 3.47. The Morgan fingerprint density at radius 3 is 2.06 bits per heavy atom. The SMILES string of the molecule is COc1c(C)cc(C)c(CS(=O)(=O)Cl)c1OC. The number of aryl methyl sites for hydroxylation is 2. The average molecular weight is 279 g/mol. The number of hydrogen-bond acceptors (Lipinski definition) is 4. The van der Waals surface area contributed by atoms with Gasteiger partial charge in [0.25, 0.3) is 0 Å². The van der Waals surface area contributed by atoms with Gasteiger partial charge in [0.2, 0.25) is 9.05 Å². The lowest BCUT2D eigenvalue weighted by atomic mass is 10.0. The Hall–Kier alpha value is -0.940. The third-order valence-electron chi connectivity index (χ3n) is 2.47. The summed E-state index contributed by atoms with van der Waals surface area (Å²) < 4.78 is 32.8. The minimum atomic E-state index is -3.63. The number of ether oxygens (including phenoxy) is 2. The molecule has 1 aromatic rings. The van der Waals surface area contributed by atoms with Crippen LogP contribution in [0.15, 0.2) is 6.07 Å². The van der Waals surface area contributed by atoms with Crippen molar-refractivity contribution < 1.29 is 17.9 Å². The molecule has 0 atom stereocenters. The summed E-state index contributed by atoms with van der Waals surface area (Å²) >= 11 is 0. The fraction of sp³-hybridized carbons (Fsp3) is 0.455. The van der Waals surface area contributed by atoms with Gasteiger partial charge in [-0.3, -0.25) is 0 Å². The maximum absolute atomic E-state index is 11.2. The van der Waals surface area contributed by atoms with E-state index in [-0.39, 0.29) is 5.75 Å². The first-order valence-electron chi connectivity index (χ1n) is 4.93. The van der Waals surface area contributed by atoms with E-state index in [1.807, 2.05) is 19.9 Å². The van der Waals surface area contributed by atoms with Gasteiger partial charge in [-0.25, -0.2) is 8.42 Å². The molecule has 0 amide bonds. The molecule has 1 rings (SSSR count). The zero-order chi connectivity index (χ0) is 13.2. The largest absolute Gasteiger partial charge is 0.493 e. The molecule has 17 heavy (non-hydrogen) atoms. The van der Waals surface area contributed by atoms with E-state index in [1.165, 1.54) is 14.2 Å². The molecule has 0 saturated carbocycles. The maximum atomic E-state index is 11.2. The van der Waals surface area contributed by atoms with E-state index >= 15 is 0 Å². The summed E-state index contributed by atoms with van der Waals surface area (Å²) in [5.74, 6) is 0.683. The highest BCUT2D eigenvalue weighted by molar-refractivity contribution is 8.13. The van der Waals surface area contributed by atoms with Crippen molar-refractivity contribution in [1.29, 1.82) is 0 Å². The molecule has 0 heterocycles. The zero-order valence-corrected chi connectivity index (χ0v) is 11.8. The fourth-order valence-electron chi connectivity index (χ4n) is 1.79. The first-order chi connectivity index (χ1) is 7.80. The minimum Gasteiger partial charge on any atom is -0.493 e. The van der Waals surface area contributed by atoms with Crippen LogP contribution >= 0.6 is 10.7 Å². The monoisotopic (exact) mass is 278 g/mol. The van der Waals surface area contributed by atoms with E-state index in [0.717, 1.165) is 11.1 Å².